The predicted octanol–water partition coefficient (Wildman–Crippen LogP) is 5.33. The van der Waals surface area contributed by atoms with Crippen LogP contribution in [0.25, 0.3) is 11.3 Å². The number of aromatic nitrogens is 3. The Labute approximate surface area is 189 Å². The quantitative estimate of drug-likeness (QED) is 0.440. The normalized spacial score (nSPS) is 12.5. The fraction of sp³-hybridized carbons (Fsp3) is 0.0833. The first-order valence-corrected chi connectivity index (χ1v) is 10.4. The van der Waals surface area contributed by atoms with Gasteiger partial charge in [0.1, 0.15) is 5.82 Å². The van der Waals surface area contributed by atoms with Crippen LogP contribution in [-0.4, -0.2) is 32.6 Å². The molecule has 3 heterocycles. The van der Waals surface area contributed by atoms with Gasteiger partial charge in [-0.25, -0.2) is 19.7 Å². The number of hydrogen-bond acceptors (Lipinski definition) is 6. The zero-order valence-corrected chi connectivity index (χ0v) is 17.6. The molecule has 0 saturated carbocycles. The number of fused-ring (bicyclic) bond motifs is 3. The number of pyridine rings is 1. The Kier molecular flexibility index (Phi) is 5.17. The van der Waals surface area contributed by atoms with Crippen molar-refractivity contribution in [2.24, 2.45) is 0 Å². The zero-order valence-electron chi connectivity index (χ0n) is 16.9. The molecule has 0 radical (unpaired) electrons. The third-order valence-electron chi connectivity index (χ3n) is 5.29. The van der Waals surface area contributed by atoms with Crippen LogP contribution in [-0.2, 0) is 6.42 Å². The molecule has 0 fully saturated rings. The lowest BCUT2D eigenvalue weighted by Crippen LogP contribution is -2.20. The van der Waals surface area contributed by atoms with Gasteiger partial charge in [0.2, 0.25) is 5.95 Å². The smallest absolute Gasteiger partial charge is 0.335 e. The molecule has 5 rings (SSSR count). The van der Waals surface area contributed by atoms with Gasteiger partial charge in [0.25, 0.3) is 0 Å². The monoisotopic (exact) mass is 443 g/mol. The van der Waals surface area contributed by atoms with Crippen molar-refractivity contribution >= 4 is 40.7 Å². The number of carboxylic acids is 1. The van der Waals surface area contributed by atoms with Crippen LogP contribution in [0.3, 0.4) is 0 Å². The SMILES string of the molecule is O=C(O)c1ccc(Nc2ncc3c(n2)-c2ccc(Cl)cc2N(c2ccccn2)CC3)cc1. The van der Waals surface area contributed by atoms with Crippen LogP contribution in [0.5, 0.6) is 0 Å². The minimum absolute atomic E-state index is 0.221. The number of carbonyl (C=O) groups is 1. The molecule has 0 atom stereocenters. The van der Waals surface area contributed by atoms with Gasteiger partial charge in [-0.15, -0.1) is 0 Å². The molecule has 32 heavy (non-hydrogen) atoms. The number of aromatic carboxylic acids is 1. The van der Waals surface area contributed by atoms with Crippen molar-refractivity contribution in [2.45, 2.75) is 6.42 Å². The summed E-state index contributed by atoms with van der Waals surface area (Å²) in [5, 5.41) is 12.9. The summed E-state index contributed by atoms with van der Waals surface area (Å²) >= 11 is 6.35. The van der Waals surface area contributed by atoms with Crippen LogP contribution in [0.4, 0.5) is 23.1 Å². The largest absolute Gasteiger partial charge is 0.478 e. The van der Waals surface area contributed by atoms with E-state index in [2.05, 4.69) is 20.2 Å². The first-order chi connectivity index (χ1) is 15.6. The van der Waals surface area contributed by atoms with Gasteiger partial charge >= 0.3 is 5.97 Å². The number of benzene rings is 2. The summed E-state index contributed by atoms with van der Waals surface area (Å²) in [6.45, 7) is 0.712. The van der Waals surface area contributed by atoms with Gasteiger partial charge in [-0.2, -0.15) is 0 Å². The van der Waals surface area contributed by atoms with Crippen molar-refractivity contribution in [2.75, 3.05) is 16.8 Å². The predicted molar refractivity (Wildman–Crippen MR) is 124 cm³/mol. The van der Waals surface area contributed by atoms with Crippen molar-refractivity contribution in [3.63, 3.8) is 0 Å². The van der Waals surface area contributed by atoms with Crippen molar-refractivity contribution in [3.8, 4) is 11.3 Å². The molecule has 2 aromatic carbocycles. The Hall–Kier alpha value is -3.97. The fourth-order valence-corrected chi connectivity index (χ4v) is 3.91. The summed E-state index contributed by atoms with van der Waals surface area (Å²) in [5.74, 6) is 0.304. The van der Waals surface area contributed by atoms with Gasteiger partial charge in [0, 0.05) is 35.2 Å². The van der Waals surface area contributed by atoms with E-state index in [4.69, 9.17) is 21.7 Å². The first kappa shape index (κ1) is 20.0. The van der Waals surface area contributed by atoms with Crippen LogP contribution >= 0.6 is 11.6 Å². The van der Waals surface area contributed by atoms with Gasteiger partial charge in [-0.1, -0.05) is 17.7 Å². The maximum Gasteiger partial charge on any atom is 0.335 e. The second-order valence-corrected chi connectivity index (χ2v) is 7.76. The molecule has 0 saturated heterocycles. The van der Waals surface area contributed by atoms with Crippen molar-refractivity contribution in [3.05, 3.63) is 89.2 Å². The van der Waals surface area contributed by atoms with Crippen LogP contribution < -0.4 is 10.2 Å². The molecule has 0 bridgehead atoms. The van der Waals surface area contributed by atoms with Gasteiger partial charge < -0.3 is 15.3 Å². The summed E-state index contributed by atoms with van der Waals surface area (Å²) in [5.41, 5.74) is 4.66. The van der Waals surface area contributed by atoms with E-state index in [-0.39, 0.29) is 5.56 Å². The Bertz CT molecular complexity index is 1300. The maximum absolute atomic E-state index is 11.1. The molecule has 2 aromatic heterocycles. The van der Waals surface area contributed by atoms with Gasteiger partial charge in [-0.05, 0) is 66.6 Å². The molecule has 7 nitrogen and oxygen atoms in total. The van der Waals surface area contributed by atoms with E-state index in [0.717, 1.165) is 34.7 Å². The third-order valence-corrected chi connectivity index (χ3v) is 5.52. The molecule has 0 unspecified atom stereocenters. The molecule has 2 N–H and O–H groups in total. The molecule has 0 amide bonds. The highest BCUT2D eigenvalue weighted by molar-refractivity contribution is 6.31. The van der Waals surface area contributed by atoms with Crippen LogP contribution in [0, 0.1) is 0 Å². The number of anilines is 4. The average molecular weight is 444 g/mol. The number of nitrogens with one attached hydrogen (secondary N) is 1. The van der Waals surface area contributed by atoms with Gasteiger partial charge in [0.15, 0.2) is 0 Å². The number of nitrogens with zero attached hydrogens (tertiary/aromatic N) is 4. The third kappa shape index (κ3) is 3.86. The second kappa shape index (κ2) is 8.28. The lowest BCUT2D eigenvalue weighted by molar-refractivity contribution is 0.0697. The number of carboxylic acid groups (broad SMARTS) is 1. The Balaban J connectivity index is 1.54. The van der Waals surface area contributed by atoms with Crippen molar-refractivity contribution in [1.82, 2.24) is 15.0 Å². The topological polar surface area (TPSA) is 91.2 Å². The zero-order chi connectivity index (χ0) is 22.1. The highest BCUT2D eigenvalue weighted by atomic mass is 35.5. The van der Waals surface area contributed by atoms with E-state index in [9.17, 15) is 4.79 Å². The second-order valence-electron chi connectivity index (χ2n) is 7.33. The fourth-order valence-electron chi connectivity index (χ4n) is 3.74. The average Bonchev–Trinajstić information content (AvgIpc) is 2.96. The molecule has 158 valence electrons. The molecule has 0 aliphatic carbocycles. The first-order valence-electron chi connectivity index (χ1n) is 10.0. The molecular formula is C24H18ClN5O2. The molecule has 1 aliphatic rings. The summed E-state index contributed by atoms with van der Waals surface area (Å²) in [7, 11) is 0. The van der Waals surface area contributed by atoms with Crippen LogP contribution in [0.1, 0.15) is 15.9 Å². The molecule has 4 aromatic rings. The van der Waals surface area contributed by atoms with Gasteiger partial charge in [0.05, 0.1) is 16.9 Å². The summed E-state index contributed by atoms with van der Waals surface area (Å²) in [4.78, 5) is 27.0. The number of halogens is 1. The lowest BCUT2D eigenvalue weighted by Gasteiger charge is -2.24. The Morgan fingerprint density at radius 1 is 1.06 bits per heavy atom. The summed E-state index contributed by atoms with van der Waals surface area (Å²) < 4.78 is 0. The highest BCUT2D eigenvalue weighted by Gasteiger charge is 2.23. The summed E-state index contributed by atoms with van der Waals surface area (Å²) in [6, 6.07) is 18.0. The van der Waals surface area contributed by atoms with E-state index in [1.54, 1.807) is 18.3 Å². The van der Waals surface area contributed by atoms with E-state index < -0.39 is 5.97 Å². The van der Waals surface area contributed by atoms with Gasteiger partial charge in [-0.3, -0.25) is 0 Å². The van der Waals surface area contributed by atoms with E-state index in [1.807, 2.05) is 42.6 Å². The van der Waals surface area contributed by atoms with Crippen LogP contribution in [0.2, 0.25) is 5.02 Å². The Morgan fingerprint density at radius 3 is 2.66 bits per heavy atom. The molecule has 1 aliphatic heterocycles. The number of rotatable bonds is 4. The summed E-state index contributed by atoms with van der Waals surface area (Å²) in [6.07, 6.45) is 4.34. The Morgan fingerprint density at radius 2 is 1.91 bits per heavy atom. The minimum Gasteiger partial charge on any atom is -0.478 e. The van der Waals surface area contributed by atoms with E-state index >= 15 is 0 Å². The van der Waals surface area contributed by atoms with Crippen LogP contribution in [0.15, 0.2) is 73.1 Å². The standard InChI is InChI=1S/C24H18ClN5O2/c25-17-6-9-19-20(13-17)30(21-3-1-2-11-26-21)12-10-16-14-27-24(29-22(16)19)28-18-7-4-15(5-8-18)23(31)32/h1-9,11,13-14H,10,12H2,(H,31,32)(H,27,28,29). The highest BCUT2D eigenvalue weighted by Crippen LogP contribution is 2.40. The molecule has 8 heteroatoms. The minimum atomic E-state index is -0.967. The van der Waals surface area contributed by atoms with Crippen molar-refractivity contribution < 1.29 is 9.90 Å². The molecule has 0 spiro atoms. The number of hydrogen-bond donors (Lipinski definition) is 2. The lowest BCUT2D eigenvalue weighted by atomic mass is 10.1. The maximum atomic E-state index is 11.1. The van der Waals surface area contributed by atoms with E-state index in [1.165, 1.54) is 12.1 Å². The van der Waals surface area contributed by atoms with E-state index in [0.29, 0.717) is 23.2 Å². The van der Waals surface area contributed by atoms with Crippen molar-refractivity contribution in [1.29, 1.82) is 0 Å². The molecular weight excluding hydrogens is 426 g/mol.